The molecule has 2 nitrogen and oxygen atoms in total. The summed E-state index contributed by atoms with van der Waals surface area (Å²) in [6.07, 6.45) is 2.90. The van der Waals surface area contributed by atoms with Crippen molar-refractivity contribution in [2.75, 3.05) is 18.0 Å². The number of hydrogen-bond acceptors (Lipinski definition) is 2. The summed E-state index contributed by atoms with van der Waals surface area (Å²) >= 11 is 0. The molecule has 2 saturated heterocycles. The Balaban J connectivity index is 1.69. The summed E-state index contributed by atoms with van der Waals surface area (Å²) in [7, 11) is 0. The molecular formula is C17H21NO. The summed E-state index contributed by atoms with van der Waals surface area (Å²) in [4.78, 5) is 2.56. The first-order valence-corrected chi connectivity index (χ1v) is 7.35. The van der Waals surface area contributed by atoms with Crippen LogP contribution in [0.15, 0.2) is 23.5 Å². The third-order valence-corrected chi connectivity index (χ3v) is 5.14. The van der Waals surface area contributed by atoms with E-state index in [1.54, 1.807) is 5.57 Å². The van der Waals surface area contributed by atoms with E-state index in [4.69, 9.17) is 4.74 Å². The summed E-state index contributed by atoms with van der Waals surface area (Å²) in [5.41, 5.74) is 7.21. The van der Waals surface area contributed by atoms with Gasteiger partial charge in [0, 0.05) is 31.1 Å². The fraction of sp³-hybridized carbons (Fsp3) is 0.529. The Morgan fingerprint density at radius 3 is 2.68 bits per heavy atom. The average Bonchev–Trinajstić information content (AvgIpc) is 3.04. The van der Waals surface area contributed by atoms with Crippen LogP contribution in [0, 0.1) is 26.7 Å². The SMILES string of the molecule is Cc1cc(C)c(N2CC3=C4CC[C@H](O4)[C@@H]3C2)cc1C. The predicted octanol–water partition coefficient (Wildman–Crippen LogP) is 3.49. The van der Waals surface area contributed by atoms with Gasteiger partial charge in [0.05, 0.1) is 5.76 Å². The Morgan fingerprint density at radius 1 is 1.11 bits per heavy atom. The second kappa shape index (κ2) is 3.78. The number of nitrogens with zero attached hydrogens (tertiary/aromatic N) is 1. The van der Waals surface area contributed by atoms with E-state index in [-0.39, 0.29) is 0 Å². The van der Waals surface area contributed by atoms with E-state index in [0.717, 1.165) is 13.1 Å². The zero-order chi connectivity index (χ0) is 13.1. The maximum atomic E-state index is 5.95. The molecule has 0 unspecified atom stereocenters. The van der Waals surface area contributed by atoms with Crippen LogP contribution in [0.2, 0.25) is 0 Å². The Bertz CT molecular complexity index is 587. The van der Waals surface area contributed by atoms with Gasteiger partial charge in [0.1, 0.15) is 6.10 Å². The molecule has 2 heteroatoms. The molecule has 4 rings (SSSR count). The minimum absolute atomic E-state index is 0.488. The Morgan fingerprint density at radius 2 is 1.89 bits per heavy atom. The number of aryl methyl sites for hydroxylation is 3. The molecule has 2 bridgehead atoms. The van der Waals surface area contributed by atoms with Crippen LogP contribution >= 0.6 is 0 Å². The van der Waals surface area contributed by atoms with E-state index in [1.807, 2.05) is 0 Å². The first kappa shape index (κ1) is 11.4. The Kier molecular flexibility index (Phi) is 2.27. The molecule has 3 aliphatic heterocycles. The van der Waals surface area contributed by atoms with Crippen molar-refractivity contribution in [3.8, 4) is 0 Å². The van der Waals surface area contributed by atoms with Gasteiger partial charge in [-0.05, 0) is 55.5 Å². The Hall–Kier alpha value is -1.44. The molecule has 0 aromatic heterocycles. The molecule has 0 radical (unpaired) electrons. The lowest BCUT2D eigenvalue weighted by atomic mass is 9.90. The maximum absolute atomic E-state index is 5.95. The molecule has 0 amide bonds. The monoisotopic (exact) mass is 255 g/mol. The van der Waals surface area contributed by atoms with Crippen LogP contribution in [0.4, 0.5) is 5.69 Å². The van der Waals surface area contributed by atoms with Gasteiger partial charge in [-0.25, -0.2) is 0 Å². The van der Waals surface area contributed by atoms with Crippen molar-refractivity contribution in [2.45, 2.75) is 39.7 Å². The molecule has 19 heavy (non-hydrogen) atoms. The lowest BCUT2D eigenvalue weighted by molar-refractivity contribution is 0.156. The molecule has 2 atom stereocenters. The van der Waals surface area contributed by atoms with Gasteiger partial charge in [-0.1, -0.05) is 6.07 Å². The van der Waals surface area contributed by atoms with Crippen molar-refractivity contribution in [1.29, 1.82) is 0 Å². The standard InChI is InChI=1S/C17H21NO/c1-10-6-12(3)15(7-11(10)2)18-8-13-14(9-18)17-5-4-16(13)19-17/h6-7,13,16H,4-5,8-9H2,1-3H3/t13-,16+/m1/s1. The largest absolute Gasteiger partial charge is 0.494 e. The van der Waals surface area contributed by atoms with Crippen molar-refractivity contribution in [3.63, 3.8) is 0 Å². The highest BCUT2D eigenvalue weighted by Crippen LogP contribution is 2.47. The second-order valence-electron chi connectivity index (χ2n) is 6.35. The quantitative estimate of drug-likeness (QED) is 0.761. The van der Waals surface area contributed by atoms with Gasteiger partial charge < -0.3 is 9.64 Å². The molecule has 0 saturated carbocycles. The molecule has 3 aliphatic rings. The highest BCUT2D eigenvalue weighted by Gasteiger charge is 2.46. The molecule has 0 aliphatic carbocycles. The van der Waals surface area contributed by atoms with Gasteiger partial charge in [0.25, 0.3) is 0 Å². The van der Waals surface area contributed by atoms with E-state index < -0.39 is 0 Å². The summed E-state index contributed by atoms with van der Waals surface area (Å²) in [5.74, 6) is 1.99. The molecule has 0 spiro atoms. The Labute approximate surface area is 115 Å². The summed E-state index contributed by atoms with van der Waals surface area (Å²) < 4.78 is 5.95. The third-order valence-electron chi connectivity index (χ3n) is 5.14. The minimum Gasteiger partial charge on any atom is -0.494 e. The van der Waals surface area contributed by atoms with Crippen LogP contribution in [0.1, 0.15) is 29.5 Å². The van der Waals surface area contributed by atoms with Gasteiger partial charge in [-0.3, -0.25) is 0 Å². The molecule has 100 valence electrons. The predicted molar refractivity (Wildman–Crippen MR) is 77.5 cm³/mol. The van der Waals surface area contributed by atoms with Gasteiger partial charge in [-0.15, -0.1) is 0 Å². The van der Waals surface area contributed by atoms with E-state index >= 15 is 0 Å². The zero-order valence-electron chi connectivity index (χ0n) is 12.0. The molecule has 1 aromatic carbocycles. The lowest BCUT2D eigenvalue weighted by Crippen LogP contribution is -2.25. The third kappa shape index (κ3) is 1.55. The summed E-state index contributed by atoms with van der Waals surface area (Å²) in [6.45, 7) is 8.87. The average molecular weight is 255 g/mol. The summed E-state index contributed by atoms with van der Waals surface area (Å²) in [6, 6.07) is 4.68. The van der Waals surface area contributed by atoms with Crippen LogP contribution < -0.4 is 4.90 Å². The van der Waals surface area contributed by atoms with Crippen LogP contribution in [0.5, 0.6) is 0 Å². The fourth-order valence-electron chi connectivity index (χ4n) is 3.93. The minimum atomic E-state index is 0.488. The van der Waals surface area contributed by atoms with Crippen LogP contribution in [0.25, 0.3) is 0 Å². The molecule has 3 heterocycles. The second-order valence-corrected chi connectivity index (χ2v) is 6.35. The van der Waals surface area contributed by atoms with Gasteiger partial charge in [0.15, 0.2) is 0 Å². The first-order valence-electron chi connectivity index (χ1n) is 7.35. The van der Waals surface area contributed by atoms with Crippen molar-refractivity contribution in [2.24, 2.45) is 5.92 Å². The van der Waals surface area contributed by atoms with E-state index in [0.29, 0.717) is 12.0 Å². The number of anilines is 1. The molecule has 0 N–H and O–H groups in total. The van der Waals surface area contributed by atoms with Crippen LogP contribution in [0.3, 0.4) is 0 Å². The molecule has 2 fully saturated rings. The molecular weight excluding hydrogens is 234 g/mol. The summed E-state index contributed by atoms with van der Waals surface area (Å²) in [5, 5.41) is 0. The zero-order valence-corrected chi connectivity index (χ0v) is 12.0. The van der Waals surface area contributed by atoms with E-state index in [9.17, 15) is 0 Å². The fourth-order valence-corrected chi connectivity index (χ4v) is 3.93. The van der Waals surface area contributed by atoms with Gasteiger partial charge in [-0.2, -0.15) is 0 Å². The van der Waals surface area contributed by atoms with Crippen molar-refractivity contribution >= 4 is 5.69 Å². The lowest BCUT2D eigenvalue weighted by Gasteiger charge is -2.23. The maximum Gasteiger partial charge on any atom is 0.107 e. The normalized spacial score (nSPS) is 28.1. The van der Waals surface area contributed by atoms with E-state index in [1.165, 1.54) is 41.0 Å². The number of fused-ring (bicyclic) bond motifs is 4. The number of rotatable bonds is 1. The first-order chi connectivity index (χ1) is 9.13. The van der Waals surface area contributed by atoms with Crippen molar-refractivity contribution in [3.05, 3.63) is 40.2 Å². The van der Waals surface area contributed by atoms with Crippen LogP contribution in [-0.2, 0) is 4.74 Å². The number of hydrogen-bond donors (Lipinski definition) is 0. The number of allylic oxidation sites excluding steroid dienone is 1. The topological polar surface area (TPSA) is 12.5 Å². The highest BCUT2D eigenvalue weighted by atomic mass is 16.5. The van der Waals surface area contributed by atoms with Gasteiger partial charge in [0.2, 0.25) is 0 Å². The smallest absolute Gasteiger partial charge is 0.107 e. The van der Waals surface area contributed by atoms with Crippen molar-refractivity contribution < 1.29 is 4.74 Å². The van der Waals surface area contributed by atoms with E-state index in [2.05, 4.69) is 37.8 Å². The van der Waals surface area contributed by atoms with Crippen LogP contribution in [-0.4, -0.2) is 19.2 Å². The molecule has 1 aromatic rings. The highest BCUT2D eigenvalue weighted by molar-refractivity contribution is 5.60. The van der Waals surface area contributed by atoms with Crippen molar-refractivity contribution in [1.82, 2.24) is 0 Å². The number of benzene rings is 1. The van der Waals surface area contributed by atoms with Gasteiger partial charge >= 0.3 is 0 Å². The number of ether oxygens (including phenoxy) is 1.